The summed E-state index contributed by atoms with van der Waals surface area (Å²) < 4.78 is 36.8. The maximum atomic E-state index is 12.3. The van der Waals surface area contributed by atoms with Crippen LogP contribution in [-0.4, -0.2) is 55.8 Å². The van der Waals surface area contributed by atoms with Crippen LogP contribution < -0.4 is 10.6 Å². The summed E-state index contributed by atoms with van der Waals surface area (Å²) in [5.41, 5.74) is 0. The van der Waals surface area contributed by atoms with Gasteiger partial charge in [-0.25, -0.2) is 0 Å². The summed E-state index contributed by atoms with van der Waals surface area (Å²) in [5.74, 6) is 1.37. The van der Waals surface area contributed by atoms with Gasteiger partial charge in [0.1, 0.15) is 0 Å². The molecule has 0 atom stereocenters. The summed E-state index contributed by atoms with van der Waals surface area (Å²) in [5, 5.41) is 6.36. The summed E-state index contributed by atoms with van der Waals surface area (Å²) in [6, 6.07) is 0.297. The average Bonchev–Trinajstić information content (AvgIpc) is 2.56. The van der Waals surface area contributed by atoms with E-state index in [4.69, 9.17) is 0 Å². The molecule has 2 fully saturated rings. The molecule has 2 N–H and O–H groups in total. The first kappa shape index (κ1) is 20.3. The zero-order valence-electron chi connectivity index (χ0n) is 15.4. The van der Waals surface area contributed by atoms with E-state index >= 15 is 0 Å². The molecule has 0 bridgehead atoms. The monoisotopic (exact) mass is 362 g/mol. The second-order valence-corrected chi connectivity index (χ2v) is 7.35. The van der Waals surface area contributed by atoms with Crippen molar-refractivity contribution in [2.45, 2.75) is 70.5 Å². The van der Waals surface area contributed by atoms with Gasteiger partial charge < -0.3 is 15.5 Å². The van der Waals surface area contributed by atoms with Crippen LogP contribution in [-0.2, 0) is 0 Å². The Hall–Kier alpha value is -0.980. The first-order valence-corrected chi connectivity index (χ1v) is 9.80. The van der Waals surface area contributed by atoms with Gasteiger partial charge in [-0.2, -0.15) is 13.2 Å². The zero-order chi connectivity index (χ0) is 18.1. The topological polar surface area (TPSA) is 39.7 Å². The summed E-state index contributed by atoms with van der Waals surface area (Å²) in [4.78, 5) is 6.62. The van der Waals surface area contributed by atoms with Gasteiger partial charge in [0, 0.05) is 32.2 Å². The van der Waals surface area contributed by atoms with Gasteiger partial charge in [0.15, 0.2) is 5.96 Å². The molecule has 2 aliphatic rings. The molecule has 0 aromatic carbocycles. The van der Waals surface area contributed by atoms with Crippen molar-refractivity contribution in [3.05, 3.63) is 0 Å². The Morgan fingerprint density at radius 3 is 2.36 bits per heavy atom. The van der Waals surface area contributed by atoms with Crippen molar-refractivity contribution in [2.75, 3.05) is 32.7 Å². The van der Waals surface area contributed by atoms with Crippen molar-refractivity contribution in [2.24, 2.45) is 10.9 Å². The molecule has 1 aliphatic heterocycles. The van der Waals surface area contributed by atoms with Gasteiger partial charge in [-0.15, -0.1) is 0 Å². The molecule has 2 rings (SSSR count). The second kappa shape index (κ2) is 10.2. The van der Waals surface area contributed by atoms with Crippen LogP contribution in [0.5, 0.6) is 0 Å². The highest BCUT2D eigenvalue weighted by atomic mass is 19.4. The largest absolute Gasteiger partial charge is 0.390 e. The van der Waals surface area contributed by atoms with Crippen molar-refractivity contribution in [3.63, 3.8) is 0 Å². The molecule has 1 saturated heterocycles. The highest BCUT2D eigenvalue weighted by Crippen LogP contribution is 2.25. The Morgan fingerprint density at radius 2 is 1.76 bits per heavy atom. The lowest BCUT2D eigenvalue weighted by molar-refractivity contribution is -0.132. The third-order valence-corrected chi connectivity index (χ3v) is 5.18. The van der Waals surface area contributed by atoms with Crippen LogP contribution in [0.2, 0.25) is 0 Å². The van der Waals surface area contributed by atoms with E-state index in [1.165, 1.54) is 38.6 Å². The summed E-state index contributed by atoms with van der Waals surface area (Å²) in [7, 11) is 0. The number of halogens is 3. The predicted octanol–water partition coefficient (Wildman–Crippen LogP) is 3.54. The lowest BCUT2D eigenvalue weighted by Gasteiger charge is -2.36. The van der Waals surface area contributed by atoms with Crippen LogP contribution in [0.3, 0.4) is 0 Å². The number of likely N-dealkylation sites (tertiary alicyclic amines) is 1. The number of hydrogen-bond donors (Lipinski definition) is 2. The Morgan fingerprint density at radius 1 is 1.08 bits per heavy atom. The van der Waals surface area contributed by atoms with Gasteiger partial charge in [-0.3, -0.25) is 4.99 Å². The number of hydrogen-bond acceptors (Lipinski definition) is 2. The van der Waals surface area contributed by atoms with Crippen LogP contribution in [0.25, 0.3) is 0 Å². The number of alkyl halides is 3. The molecular formula is C18H33F3N4. The maximum Gasteiger partial charge on any atom is 0.390 e. The van der Waals surface area contributed by atoms with Crippen molar-refractivity contribution in [1.29, 1.82) is 0 Å². The van der Waals surface area contributed by atoms with Gasteiger partial charge in [0.2, 0.25) is 0 Å². The summed E-state index contributed by atoms with van der Waals surface area (Å²) in [6.45, 7) is 5.70. The fourth-order valence-corrected chi connectivity index (χ4v) is 3.80. The van der Waals surface area contributed by atoms with Crippen molar-refractivity contribution in [1.82, 2.24) is 15.5 Å². The van der Waals surface area contributed by atoms with E-state index < -0.39 is 12.6 Å². The van der Waals surface area contributed by atoms with Crippen molar-refractivity contribution >= 4 is 5.96 Å². The molecule has 1 aliphatic carbocycles. The van der Waals surface area contributed by atoms with E-state index in [1.54, 1.807) is 0 Å². The normalized spacial score (nSPS) is 22.2. The molecule has 4 nitrogen and oxygen atoms in total. The Kier molecular flexibility index (Phi) is 8.33. The molecule has 0 aromatic heterocycles. The van der Waals surface area contributed by atoms with E-state index in [0.717, 1.165) is 31.8 Å². The Balaban J connectivity index is 1.71. The molecule has 25 heavy (non-hydrogen) atoms. The van der Waals surface area contributed by atoms with Crippen LogP contribution in [0.1, 0.15) is 58.3 Å². The molecule has 1 saturated carbocycles. The van der Waals surface area contributed by atoms with Crippen LogP contribution in [0, 0.1) is 5.92 Å². The van der Waals surface area contributed by atoms with E-state index in [-0.39, 0.29) is 6.54 Å². The number of guanidine groups is 1. The Labute approximate surface area is 149 Å². The minimum Gasteiger partial charge on any atom is -0.357 e. The summed E-state index contributed by atoms with van der Waals surface area (Å²) >= 11 is 0. The highest BCUT2D eigenvalue weighted by Gasteiger charge is 2.26. The molecule has 0 aromatic rings. The molecule has 1 heterocycles. The molecule has 0 spiro atoms. The van der Waals surface area contributed by atoms with Crippen LogP contribution in [0.15, 0.2) is 4.99 Å². The number of rotatable bonds is 6. The lowest BCUT2D eigenvalue weighted by Crippen LogP contribution is -2.49. The number of nitrogens with zero attached hydrogens (tertiary/aromatic N) is 2. The van der Waals surface area contributed by atoms with Gasteiger partial charge in [0.05, 0.1) is 13.0 Å². The average molecular weight is 362 g/mol. The van der Waals surface area contributed by atoms with Gasteiger partial charge in [0.25, 0.3) is 0 Å². The SMILES string of the molecule is CCNC(=NCCC(F)(F)F)NC1CCN(CC2CCCCC2)CC1. The molecular weight excluding hydrogens is 329 g/mol. The first-order valence-electron chi connectivity index (χ1n) is 9.80. The predicted molar refractivity (Wildman–Crippen MR) is 95.8 cm³/mol. The zero-order valence-corrected chi connectivity index (χ0v) is 15.4. The van der Waals surface area contributed by atoms with E-state index in [2.05, 4.69) is 20.5 Å². The standard InChI is InChI=1S/C18H33F3N4/c1-2-22-17(23-11-10-18(19,20)21)24-16-8-12-25(13-9-16)14-15-6-4-3-5-7-15/h15-16H,2-14H2,1H3,(H2,22,23,24). The molecule has 0 amide bonds. The fraction of sp³-hybridized carbons (Fsp3) is 0.944. The van der Waals surface area contributed by atoms with E-state index in [1.807, 2.05) is 6.92 Å². The highest BCUT2D eigenvalue weighted by molar-refractivity contribution is 5.80. The maximum absolute atomic E-state index is 12.3. The minimum absolute atomic E-state index is 0.223. The van der Waals surface area contributed by atoms with Crippen molar-refractivity contribution < 1.29 is 13.2 Å². The smallest absolute Gasteiger partial charge is 0.357 e. The molecule has 7 heteroatoms. The van der Waals surface area contributed by atoms with Gasteiger partial charge in [-0.1, -0.05) is 19.3 Å². The summed E-state index contributed by atoms with van der Waals surface area (Å²) in [6.07, 6.45) is 3.92. The number of aliphatic imine (C=N–C) groups is 1. The van der Waals surface area contributed by atoms with Crippen LogP contribution in [0.4, 0.5) is 13.2 Å². The minimum atomic E-state index is -4.15. The van der Waals surface area contributed by atoms with E-state index in [0.29, 0.717) is 18.5 Å². The van der Waals surface area contributed by atoms with E-state index in [9.17, 15) is 13.2 Å². The Bertz CT molecular complexity index is 398. The first-order chi connectivity index (χ1) is 12.0. The third-order valence-electron chi connectivity index (χ3n) is 5.18. The molecule has 0 unspecified atom stereocenters. The quantitative estimate of drug-likeness (QED) is 0.561. The third kappa shape index (κ3) is 8.29. The van der Waals surface area contributed by atoms with Gasteiger partial charge >= 0.3 is 6.18 Å². The van der Waals surface area contributed by atoms with Crippen molar-refractivity contribution in [3.8, 4) is 0 Å². The number of nitrogens with one attached hydrogen (secondary N) is 2. The van der Waals surface area contributed by atoms with Gasteiger partial charge in [-0.05, 0) is 38.5 Å². The fourth-order valence-electron chi connectivity index (χ4n) is 3.80. The molecule has 146 valence electrons. The van der Waals surface area contributed by atoms with Crippen LogP contribution >= 0.6 is 0 Å². The lowest BCUT2D eigenvalue weighted by atomic mass is 9.88. The molecule has 0 radical (unpaired) electrons. The second-order valence-electron chi connectivity index (χ2n) is 7.35. The number of piperidine rings is 1.